The molecule has 3 rings (SSSR count). The van der Waals surface area contributed by atoms with Crippen LogP contribution in [0.5, 0.6) is 0 Å². The highest BCUT2D eigenvalue weighted by molar-refractivity contribution is 7.89. The lowest BCUT2D eigenvalue weighted by atomic mass is 10.0. The van der Waals surface area contributed by atoms with Crippen LogP contribution in [0.3, 0.4) is 0 Å². The highest BCUT2D eigenvalue weighted by Gasteiger charge is 2.33. The van der Waals surface area contributed by atoms with E-state index < -0.39 is 10.0 Å². The fraction of sp³-hybridized carbons (Fsp3) is 0.278. The first kappa shape index (κ1) is 16.8. The first-order valence-electron chi connectivity index (χ1n) is 7.93. The third-order valence-electron chi connectivity index (χ3n) is 4.19. The summed E-state index contributed by atoms with van der Waals surface area (Å²) in [6.07, 6.45) is 0. The number of carbonyl (C=O) groups is 1. The fourth-order valence-electron chi connectivity index (χ4n) is 2.93. The van der Waals surface area contributed by atoms with Gasteiger partial charge in [-0.2, -0.15) is 4.31 Å². The van der Waals surface area contributed by atoms with Gasteiger partial charge in [-0.05, 0) is 19.1 Å². The molecule has 1 heterocycles. The van der Waals surface area contributed by atoms with Crippen LogP contribution >= 0.6 is 0 Å². The Bertz CT molecular complexity index is 834. The first-order chi connectivity index (χ1) is 11.5. The van der Waals surface area contributed by atoms with Crippen molar-refractivity contribution < 1.29 is 13.2 Å². The van der Waals surface area contributed by atoms with Gasteiger partial charge in [0.25, 0.3) is 0 Å². The minimum Gasteiger partial charge on any atom is -0.314 e. The van der Waals surface area contributed by atoms with E-state index in [0.717, 1.165) is 0 Å². The molecular weight excluding hydrogens is 324 g/mol. The molecule has 24 heavy (non-hydrogen) atoms. The lowest BCUT2D eigenvalue weighted by molar-refractivity contribution is 0.103. The predicted octanol–water partition coefficient (Wildman–Crippen LogP) is 1.90. The summed E-state index contributed by atoms with van der Waals surface area (Å²) in [6.45, 7) is 3.48. The minimum absolute atomic E-state index is 0.0765. The molecule has 0 amide bonds. The third kappa shape index (κ3) is 3.13. The van der Waals surface area contributed by atoms with Crippen molar-refractivity contribution in [2.24, 2.45) is 0 Å². The third-order valence-corrected chi connectivity index (χ3v) is 6.27. The average molecular weight is 344 g/mol. The van der Waals surface area contributed by atoms with E-state index in [1.807, 2.05) is 13.0 Å². The van der Waals surface area contributed by atoms with E-state index in [1.165, 1.54) is 10.4 Å². The molecule has 0 radical (unpaired) electrons. The highest BCUT2D eigenvalue weighted by Crippen LogP contribution is 2.24. The first-order valence-corrected chi connectivity index (χ1v) is 9.37. The van der Waals surface area contributed by atoms with Crippen molar-refractivity contribution in [1.82, 2.24) is 9.62 Å². The van der Waals surface area contributed by atoms with Gasteiger partial charge in [-0.1, -0.05) is 42.5 Å². The topological polar surface area (TPSA) is 66.5 Å². The number of hydrogen-bond donors (Lipinski definition) is 1. The van der Waals surface area contributed by atoms with Crippen LogP contribution in [0.2, 0.25) is 0 Å². The van der Waals surface area contributed by atoms with Crippen molar-refractivity contribution in [3.05, 3.63) is 65.7 Å². The highest BCUT2D eigenvalue weighted by atomic mass is 32.2. The van der Waals surface area contributed by atoms with Crippen molar-refractivity contribution in [2.45, 2.75) is 17.9 Å². The summed E-state index contributed by atoms with van der Waals surface area (Å²) in [5, 5.41) is 3.18. The maximum absolute atomic E-state index is 13.1. The number of nitrogens with zero attached hydrogens (tertiary/aromatic N) is 1. The van der Waals surface area contributed by atoms with Crippen LogP contribution in [0.25, 0.3) is 0 Å². The number of hydrogen-bond acceptors (Lipinski definition) is 4. The number of carbonyl (C=O) groups excluding carboxylic acids is 1. The Morgan fingerprint density at radius 1 is 1.08 bits per heavy atom. The number of nitrogens with one attached hydrogen (secondary N) is 1. The molecule has 1 saturated heterocycles. The van der Waals surface area contributed by atoms with Gasteiger partial charge in [0, 0.05) is 36.8 Å². The van der Waals surface area contributed by atoms with E-state index in [9.17, 15) is 13.2 Å². The Morgan fingerprint density at radius 2 is 1.75 bits per heavy atom. The zero-order valence-corrected chi connectivity index (χ0v) is 14.3. The van der Waals surface area contributed by atoms with E-state index in [0.29, 0.717) is 25.2 Å². The van der Waals surface area contributed by atoms with Gasteiger partial charge in [-0.25, -0.2) is 8.42 Å². The monoisotopic (exact) mass is 344 g/mol. The molecule has 1 aliphatic rings. The summed E-state index contributed by atoms with van der Waals surface area (Å²) in [6, 6.07) is 15.0. The van der Waals surface area contributed by atoms with Crippen LogP contribution in [0.1, 0.15) is 22.8 Å². The summed E-state index contributed by atoms with van der Waals surface area (Å²) < 4.78 is 27.7. The maximum atomic E-state index is 13.1. The molecule has 2 aromatic rings. The molecule has 0 spiro atoms. The zero-order valence-electron chi connectivity index (χ0n) is 13.5. The van der Waals surface area contributed by atoms with Gasteiger partial charge in [0.1, 0.15) is 0 Å². The van der Waals surface area contributed by atoms with Crippen LogP contribution in [0, 0.1) is 0 Å². The molecule has 6 heteroatoms. The second kappa shape index (κ2) is 6.84. The van der Waals surface area contributed by atoms with Crippen molar-refractivity contribution in [3.63, 3.8) is 0 Å². The quantitative estimate of drug-likeness (QED) is 0.861. The van der Waals surface area contributed by atoms with E-state index in [1.54, 1.807) is 42.5 Å². The Hall–Kier alpha value is -2.02. The summed E-state index contributed by atoms with van der Waals surface area (Å²) in [5.74, 6) is -0.280. The van der Waals surface area contributed by atoms with Crippen molar-refractivity contribution in [3.8, 4) is 0 Å². The SMILES string of the molecule is C[C@@H]1CNCCN1S(=O)(=O)c1ccccc1C(=O)c1ccccc1. The molecule has 1 fully saturated rings. The number of rotatable bonds is 4. The second-order valence-electron chi connectivity index (χ2n) is 5.86. The molecule has 1 aliphatic heterocycles. The molecule has 0 aliphatic carbocycles. The van der Waals surface area contributed by atoms with E-state index in [2.05, 4.69) is 5.32 Å². The van der Waals surface area contributed by atoms with Gasteiger partial charge in [-0.3, -0.25) is 4.79 Å². The maximum Gasteiger partial charge on any atom is 0.244 e. The van der Waals surface area contributed by atoms with Gasteiger partial charge < -0.3 is 5.32 Å². The lowest BCUT2D eigenvalue weighted by Crippen LogP contribution is -2.52. The van der Waals surface area contributed by atoms with Gasteiger partial charge >= 0.3 is 0 Å². The molecule has 0 saturated carbocycles. The molecule has 0 aromatic heterocycles. The Kier molecular flexibility index (Phi) is 4.80. The second-order valence-corrected chi connectivity index (χ2v) is 7.72. The van der Waals surface area contributed by atoms with E-state index in [-0.39, 0.29) is 22.3 Å². The van der Waals surface area contributed by atoms with Gasteiger partial charge in [0.05, 0.1) is 4.90 Å². The molecule has 5 nitrogen and oxygen atoms in total. The fourth-order valence-corrected chi connectivity index (χ4v) is 4.75. The van der Waals surface area contributed by atoms with Gasteiger partial charge in [-0.15, -0.1) is 0 Å². The van der Waals surface area contributed by atoms with Crippen LogP contribution in [-0.2, 0) is 10.0 Å². The molecule has 1 N–H and O–H groups in total. The molecule has 1 atom stereocenters. The molecule has 126 valence electrons. The normalized spacial score (nSPS) is 19.1. The molecule has 2 aromatic carbocycles. The molecular formula is C18H20N2O3S. The van der Waals surface area contributed by atoms with Crippen LogP contribution < -0.4 is 5.32 Å². The zero-order chi connectivity index (χ0) is 17.2. The number of sulfonamides is 1. The number of benzene rings is 2. The largest absolute Gasteiger partial charge is 0.314 e. The van der Waals surface area contributed by atoms with E-state index >= 15 is 0 Å². The Balaban J connectivity index is 2.05. The lowest BCUT2D eigenvalue weighted by Gasteiger charge is -2.33. The van der Waals surface area contributed by atoms with Crippen LogP contribution in [0.15, 0.2) is 59.5 Å². The summed E-state index contributed by atoms with van der Waals surface area (Å²) in [5.41, 5.74) is 0.697. The van der Waals surface area contributed by atoms with Crippen LogP contribution in [-0.4, -0.2) is 44.2 Å². The summed E-state index contributed by atoms with van der Waals surface area (Å²) in [4.78, 5) is 12.9. The van der Waals surface area contributed by atoms with E-state index in [4.69, 9.17) is 0 Å². The predicted molar refractivity (Wildman–Crippen MR) is 92.5 cm³/mol. The van der Waals surface area contributed by atoms with Crippen molar-refractivity contribution in [2.75, 3.05) is 19.6 Å². The van der Waals surface area contributed by atoms with Crippen molar-refractivity contribution in [1.29, 1.82) is 0 Å². The number of piperazine rings is 1. The van der Waals surface area contributed by atoms with Gasteiger partial charge in [0.2, 0.25) is 10.0 Å². The Labute approximate surface area is 142 Å². The Morgan fingerprint density at radius 3 is 2.46 bits per heavy atom. The minimum atomic E-state index is -3.72. The van der Waals surface area contributed by atoms with Gasteiger partial charge in [0.15, 0.2) is 5.78 Å². The number of ketones is 1. The molecule has 0 unspecified atom stereocenters. The van der Waals surface area contributed by atoms with Crippen LogP contribution in [0.4, 0.5) is 0 Å². The smallest absolute Gasteiger partial charge is 0.244 e. The van der Waals surface area contributed by atoms with Crippen molar-refractivity contribution >= 4 is 15.8 Å². The standard InChI is InChI=1S/C18H20N2O3S/c1-14-13-19-11-12-20(14)24(22,23)17-10-6-5-9-16(17)18(21)15-7-3-2-4-8-15/h2-10,14,19H,11-13H2,1H3/t14-/m1/s1. The summed E-state index contributed by atoms with van der Waals surface area (Å²) >= 11 is 0. The molecule has 0 bridgehead atoms. The average Bonchev–Trinajstić information content (AvgIpc) is 2.62. The summed E-state index contributed by atoms with van der Waals surface area (Å²) in [7, 11) is -3.72.